The van der Waals surface area contributed by atoms with Gasteiger partial charge in [-0.1, -0.05) is 106 Å². The van der Waals surface area contributed by atoms with Crippen LogP contribution in [0.3, 0.4) is 0 Å². The van der Waals surface area contributed by atoms with Crippen molar-refractivity contribution in [3.8, 4) is 0 Å². The SMILES string of the molecule is CCCCCCCCCCC(=O)NCCCC[C@H](NC(=O)CCCCCCCCCCBr)C(=O)OCC. The predicted molar refractivity (Wildman–Crippen MR) is 158 cm³/mol. The molecular weight excluding hydrogens is 532 g/mol. The zero-order valence-electron chi connectivity index (χ0n) is 24.1. The number of unbranched alkanes of at least 4 members (excludes halogenated alkanes) is 15. The molecule has 0 saturated heterocycles. The average Bonchev–Trinajstić information content (AvgIpc) is 2.88. The molecule has 0 aromatic rings. The quantitative estimate of drug-likeness (QED) is 0.0583. The molecule has 0 unspecified atom stereocenters. The van der Waals surface area contributed by atoms with Crippen LogP contribution in [-0.4, -0.2) is 42.3 Å². The van der Waals surface area contributed by atoms with Crippen LogP contribution in [0.1, 0.15) is 149 Å². The number of carbonyl (C=O) groups excluding carboxylic acids is 3. The molecule has 7 heteroatoms. The Labute approximate surface area is 236 Å². The third kappa shape index (κ3) is 25.0. The number of nitrogens with one attached hydrogen (secondary N) is 2. The minimum absolute atomic E-state index is 0.0750. The van der Waals surface area contributed by atoms with Crippen molar-refractivity contribution in [2.45, 2.75) is 155 Å². The molecule has 0 heterocycles. The lowest BCUT2D eigenvalue weighted by Crippen LogP contribution is -2.41. The molecule has 0 aliphatic carbocycles. The maximum atomic E-state index is 12.4. The fourth-order valence-corrected chi connectivity index (χ4v) is 4.80. The molecule has 0 aliphatic heterocycles. The van der Waals surface area contributed by atoms with Gasteiger partial charge in [0.15, 0.2) is 0 Å². The van der Waals surface area contributed by atoms with E-state index < -0.39 is 6.04 Å². The summed E-state index contributed by atoms with van der Waals surface area (Å²) in [7, 11) is 0. The van der Waals surface area contributed by atoms with Crippen molar-refractivity contribution in [3.63, 3.8) is 0 Å². The van der Waals surface area contributed by atoms with Crippen LogP contribution in [0.15, 0.2) is 0 Å². The summed E-state index contributed by atoms with van der Waals surface area (Å²) in [6, 6.07) is -0.602. The Morgan fingerprint density at radius 3 is 1.70 bits per heavy atom. The fourth-order valence-electron chi connectivity index (χ4n) is 4.41. The largest absolute Gasteiger partial charge is 0.464 e. The summed E-state index contributed by atoms with van der Waals surface area (Å²) in [5.41, 5.74) is 0. The lowest BCUT2D eigenvalue weighted by molar-refractivity contribution is -0.147. The van der Waals surface area contributed by atoms with E-state index in [1.807, 2.05) is 0 Å². The summed E-state index contributed by atoms with van der Waals surface area (Å²) in [5, 5.41) is 6.95. The van der Waals surface area contributed by atoms with Crippen LogP contribution in [0, 0.1) is 0 Å². The third-order valence-electron chi connectivity index (χ3n) is 6.69. The number of hydrogen-bond acceptors (Lipinski definition) is 4. The minimum atomic E-state index is -0.602. The van der Waals surface area contributed by atoms with Gasteiger partial charge in [-0.3, -0.25) is 9.59 Å². The van der Waals surface area contributed by atoms with Gasteiger partial charge in [-0.25, -0.2) is 4.79 Å². The number of alkyl halides is 1. The van der Waals surface area contributed by atoms with Gasteiger partial charge in [0.05, 0.1) is 6.61 Å². The van der Waals surface area contributed by atoms with E-state index in [1.54, 1.807) is 6.92 Å². The predicted octanol–water partition coefficient (Wildman–Crippen LogP) is 7.76. The molecule has 6 nitrogen and oxygen atoms in total. The van der Waals surface area contributed by atoms with E-state index in [0.29, 0.717) is 32.4 Å². The van der Waals surface area contributed by atoms with Gasteiger partial charge >= 0.3 is 5.97 Å². The van der Waals surface area contributed by atoms with E-state index >= 15 is 0 Å². The number of esters is 1. The maximum absolute atomic E-state index is 12.4. The summed E-state index contributed by atoms with van der Waals surface area (Å²) in [4.78, 5) is 36.7. The Balaban J connectivity index is 3.93. The van der Waals surface area contributed by atoms with Gasteiger partial charge in [0.25, 0.3) is 0 Å². The highest BCUT2D eigenvalue weighted by molar-refractivity contribution is 9.09. The minimum Gasteiger partial charge on any atom is -0.464 e. The first-order valence-corrected chi connectivity index (χ1v) is 16.5. The van der Waals surface area contributed by atoms with Crippen molar-refractivity contribution in [1.82, 2.24) is 10.6 Å². The van der Waals surface area contributed by atoms with E-state index in [0.717, 1.165) is 50.3 Å². The number of amides is 2. The molecule has 0 spiro atoms. The molecular formula is C30H57BrN2O4. The first-order valence-electron chi connectivity index (χ1n) is 15.3. The number of ether oxygens (including phenoxy) is 1. The number of carbonyl (C=O) groups is 3. The maximum Gasteiger partial charge on any atom is 0.328 e. The van der Waals surface area contributed by atoms with Gasteiger partial charge in [0, 0.05) is 24.7 Å². The summed E-state index contributed by atoms with van der Waals surface area (Å²) >= 11 is 3.46. The Hall–Kier alpha value is -1.11. The van der Waals surface area contributed by atoms with E-state index in [9.17, 15) is 14.4 Å². The average molecular weight is 590 g/mol. The van der Waals surface area contributed by atoms with Crippen LogP contribution in [0.2, 0.25) is 0 Å². The summed E-state index contributed by atoms with van der Waals surface area (Å²) in [5.74, 6) is -0.327. The van der Waals surface area contributed by atoms with Gasteiger partial charge in [0.1, 0.15) is 6.04 Å². The monoisotopic (exact) mass is 588 g/mol. The molecule has 0 rings (SSSR count). The van der Waals surface area contributed by atoms with Crippen LogP contribution >= 0.6 is 15.9 Å². The van der Waals surface area contributed by atoms with Crippen LogP contribution in [0.4, 0.5) is 0 Å². The third-order valence-corrected chi connectivity index (χ3v) is 7.25. The summed E-state index contributed by atoms with van der Waals surface area (Å²) < 4.78 is 5.16. The van der Waals surface area contributed by atoms with Gasteiger partial charge in [-0.05, 0) is 45.4 Å². The number of hydrogen-bond donors (Lipinski definition) is 2. The molecule has 2 amide bonds. The summed E-state index contributed by atoms with van der Waals surface area (Å²) in [6.45, 7) is 4.91. The highest BCUT2D eigenvalue weighted by Gasteiger charge is 2.21. The van der Waals surface area contributed by atoms with E-state index in [1.165, 1.54) is 70.6 Å². The molecule has 0 saturated carbocycles. The van der Waals surface area contributed by atoms with Crippen molar-refractivity contribution in [1.29, 1.82) is 0 Å². The molecule has 0 aromatic carbocycles. The van der Waals surface area contributed by atoms with Gasteiger partial charge in [-0.2, -0.15) is 0 Å². The zero-order valence-corrected chi connectivity index (χ0v) is 25.6. The zero-order chi connectivity index (χ0) is 27.4. The highest BCUT2D eigenvalue weighted by atomic mass is 79.9. The fraction of sp³-hybridized carbons (Fsp3) is 0.900. The van der Waals surface area contributed by atoms with Crippen LogP contribution in [-0.2, 0) is 19.1 Å². The smallest absolute Gasteiger partial charge is 0.328 e. The van der Waals surface area contributed by atoms with Crippen LogP contribution in [0.5, 0.6) is 0 Å². The lowest BCUT2D eigenvalue weighted by atomic mass is 10.1. The van der Waals surface area contributed by atoms with Crippen LogP contribution in [0.25, 0.3) is 0 Å². The van der Waals surface area contributed by atoms with Crippen molar-refractivity contribution in [2.75, 3.05) is 18.5 Å². The van der Waals surface area contributed by atoms with Crippen molar-refractivity contribution < 1.29 is 19.1 Å². The molecule has 218 valence electrons. The van der Waals surface area contributed by atoms with Crippen molar-refractivity contribution >= 4 is 33.7 Å². The molecule has 1 atom stereocenters. The van der Waals surface area contributed by atoms with Gasteiger partial charge < -0.3 is 15.4 Å². The van der Waals surface area contributed by atoms with Crippen molar-refractivity contribution in [3.05, 3.63) is 0 Å². The molecule has 0 fully saturated rings. The van der Waals surface area contributed by atoms with Crippen LogP contribution < -0.4 is 10.6 Å². The molecule has 0 radical (unpaired) electrons. The number of rotatable bonds is 27. The summed E-state index contributed by atoms with van der Waals surface area (Å²) in [6.07, 6.45) is 22.3. The molecule has 0 bridgehead atoms. The van der Waals surface area contributed by atoms with Gasteiger partial charge in [0.2, 0.25) is 11.8 Å². The first-order chi connectivity index (χ1) is 18.0. The molecule has 0 aliphatic rings. The Morgan fingerprint density at radius 2 is 1.16 bits per heavy atom. The first kappa shape index (κ1) is 35.9. The topological polar surface area (TPSA) is 84.5 Å². The molecule has 37 heavy (non-hydrogen) atoms. The second kappa shape index (κ2) is 27.9. The second-order valence-electron chi connectivity index (χ2n) is 10.2. The van der Waals surface area contributed by atoms with E-state index in [-0.39, 0.29) is 17.8 Å². The van der Waals surface area contributed by atoms with E-state index in [4.69, 9.17) is 4.74 Å². The lowest BCUT2D eigenvalue weighted by Gasteiger charge is -2.17. The molecule has 2 N–H and O–H groups in total. The normalized spacial score (nSPS) is 11.8. The highest BCUT2D eigenvalue weighted by Crippen LogP contribution is 2.12. The van der Waals surface area contributed by atoms with Crippen molar-refractivity contribution in [2.24, 2.45) is 0 Å². The standard InChI is InChI=1S/C30H57BrN2O4/c1-3-5-6-7-8-11-14-17-23-28(34)32-26-21-19-22-27(30(36)37-4-2)33-29(35)24-18-15-12-9-10-13-16-20-25-31/h27H,3-26H2,1-2H3,(H,32,34)(H,33,35)/t27-/m0/s1. The Bertz CT molecular complexity index is 560. The van der Waals surface area contributed by atoms with E-state index in [2.05, 4.69) is 33.5 Å². The molecule has 0 aromatic heterocycles. The Morgan fingerprint density at radius 1 is 0.649 bits per heavy atom. The Kier molecular flexibility index (Phi) is 27.1. The second-order valence-corrected chi connectivity index (χ2v) is 11.0. The van der Waals surface area contributed by atoms with Gasteiger partial charge in [-0.15, -0.1) is 0 Å². The number of halogens is 1.